The van der Waals surface area contributed by atoms with E-state index in [4.69, 9.17) is 4.74 Å². The standard InChI is InChI=1S/C14H17BrN2O/c1-18-7-6-17(13-3-4-13)14-5-2-11(9-15)8-12(14)10-16/h2,5,8,13H,3-4,6-7,9H2,1H3. The summed E-state index contributed by atoms with van der Waals surface area (Å²) in [6.45, 7) is 1.55. The Hall–Kier alpha value is -1.05. The third-order valence-electron chi connectivity index (χ3n) is 3.17. The van der Waals surface area contributed by atoms with Gasteiger partial charge >= 0.3 is 0 Å². The minimum absolute atomic E-state index is 0.585. The summed E-state index contributed by atoms with van der Waals surface area (Å²) in [6, 6.07) is 8.99. The van der Waals surface area contributed by atoms with Crippen LogP contribution in [0.15, 0.2) is 18.2 Å². The van der Waals surface area contributed by atoms with Crippen molar-refractivity contribution >= 4 is 21.6 Å². The second-order valence-electron chi connectivity index (χ2n) is 4.51. The Morgan fingerprint density at radius 2 is 2.28 bits per heavy atom. The van der Waals surface area contributed by atoms with Crippen molar-refractivity contribution in [2.75, 3.05) is 25.2 Å². The monoisotopic (exact) mass is 308 g/mol. The van der Waals surface area contributed by atoms with E-state index in [1.54, 1.807) is 7.11 Å². The Labute approximate surface area is 116 Å². The fourth-order valence-electron chi connectivity index (χ4n) is 2.08. The highest BCUT2D eigenvalue weighted by Gasteiger charge is 2.30. The first-order chi connectivity index (χ1) is 8.80. The van der Waals surface area contributed by atoms with Crippen LogP contribution < -0.4 is 4.90 Å². The molecule has 0 aromatic heterocycles. The number of rotatable bonds is 6. The molecule has 4 heteroatoms. The van der Waals surface area contributed by atoms with Gasteiger partial charge in [0.1, 0.15) is 6.07 Å². The third-order valence-corrected chi connectivity index (χ3v) is 3.82. The normalized spacial score (nSPS) is 14.3. The largest absolute Gasteiger partial charge is 0.383 e. The molecule has 0 heterocycles. The number of nitriles is 1. The van der Waals surface area contributed by atoms with Crippen LogP contribution in [0.25, 0.3) is 0 Å². The van der Waals surface area contributed by atoms with Gasteiger partial charge in [0.25, 0.3) is 0 Å². The van der Waals surface area contributed by atoms with Crippen molar-refractivity contribution in [3.8, 4) is 6.07 Å². The summed E-state index contributed by atoms with van der Waals surface area (Å²) in [5.41, 5.74) is 2.94. The highest BCUT2D eigenvalue weighted by atomic mass is 79.9. The first kappa shape index (κ1) is 13.4. The van der Waals surface area contributed by atoms with Crippen molar-refractivity contribution in [1.82, 2.24) is 0 Å². The second kappa shape index (κ2) is 6.21. The summed E-state index contributed by atoms with van der Waals surface area (Å²) >= 11 is 3.42. The van der Waals surface area contributed by atoms with E-state index in [1.165, 1.54) is 12.8 Å². The molecule has 0 atom stereocenters. The van der Waals surface area contributed by atoms with Gasteiger partial charge in [-0.25, -0.2) is 0 Å². The van der Waals surface area contributed by atoms with E-state index < -0.39 is 0 Å². The molecule has 3 nitrogen and oxygen atoms in total. The van der Waals surface area contributed by atoms with Crippen LogP contribution in [0.4, 0.5) is 5.69 Å². The van der Waals surface area contributed by atoms with Crippen LogP contribution in [0.1, 0.15) is 24.0 Å². The van der Waals surface area contributed by atoms with Crippen LogP contribution in [0, 0.1) is 11.3 Å². The van der Waals surface area contributed by atoms with Crippen LogP contribution in [-0.4, -0.2) is 26.3 Å². The molecule has 2 rings (SSSR count). The first-order valence-electron chi connectivity index (χ1n) is 6.14. The van der Waals surface area contributed by atoms with Gasteiger partial charge in [0.05, 0.1) is 17.9 Å². The summed E-state index contributed by atoms with van der Waals surface area (Å²) in [5.74, 6) is 0. The number of anilines is 1. The van der Waals surface area contributed by atoms with Gasteiger partial charge in [0, 0.05) is 25.0 Å². The average molecular weight is 309 g/mol. The fourth-order valence-corrected chi connectivity index (χ4v) is 2.43. The minimum atomic E-state index is 0.585. The number of alkyl halides is 1. The van der Waals surface area contributed by atoms with Gasteiger partial charge in [-0.15, -0.1) is 0 Å². The van der Waals surface area contributed by atoms with Gasteiger partial charge < -0.3 is 9.64 Å². The predicted molar refractivity (Wildman–Crippen MR) is 76.0 cm³/mol. The molecule has 0 radical (unpaired) electrons. The number of hydrogen-bond acceptors (Lipinski definition) is 3. The summed E-state index contributed by atoms with van der Waals surface area (Å²) < 4.78 is 5.16. The van der Waals surface area contributed by atoms with Crippen molar-refractivity contribution in [1.29, 1.82) is 5.26 Å². The molecule has 1 fully saturated rings. The summed E-state index contributed by atoms with van der Waals surface area (Å²) in [6.07, 6.45) is 2.43. The third kappa shape index (κ3) is 3.04. The van der Waals surface area contributed by atoms with Gasteiger partial charge in [0.15, 0.2) is 0 Å². The van der Waals surface area contributed by atoms with Crippen LogP contribution in [0.5, 0.6) is 0 Å². The zero-order chi connectivity index (χ0) is 13.0. The van der Waals surface area contributed by atoms with E-state index in [0.717, 1.165) is 28.7 Å². The number of nitrogens with zero attached hydrogens (tertiary/aromatic N) is 2. The molecule has 1 aliphatic carbocycles. The number of hydrogen-bond donors (Lipinski definition) is 0. The smallest absolute Gasteiger partial charge is 0.101 e. The molecule has 18 heavy (non-hydrogen) atoms. The quantitative estimate of drug-likeness (QED) is 0.758. The molecule has 0 saturated heterocycles. The number of benzene rings is 1. The molecule has 1 aliphatic rings. The van der Waals surface area contributed by atoms with Crippen molar-refractivity contribution < 1.29 is 4.74 Å². The van der Waals surface area contributed by atoms with E-state index in [0.29, 0.717) is 12.6 Å². The van der Waals surface area contributed by atoms with Crippen molar-refractivity contribution in [2.24, 2.45) is 0 Å². The lowest BCUT2D eigenvalue weighted by molar-refractivity contribution is 0.205. The molecule has 0 amide bonds. The van der Waals surface area contributed by atoms with Crippen LogP contribution >= 0.6 is 15.9 Å². The molecule has 0 aliphatic heterocycles. The zero-order valence-corrected chi connectivity index (χ0v) is 12.1. The lowest BCUT2D eigenvalue weighted by Gasteiger charge is -2.25. The van der Waals surface area contributed by atoms with Gasteiger partial charge in [-0.05, 0) is 30.5 Å². The lowest BCUT2D eigenvalue weighted by atomic mass is 10.1. The van der Waals surface area contributed by atoms with Crippen LogP contribution in [-0.2, 0) is 10.1 Å². The molecule has 1 aromatic rings. The second-order valence-corrected chi connectivity index (χ2v) is 5.08. The molecular formula is C14H17BrN2O. The molecule has 1 aromatic carbocycles. The molecule has 0 N–H and O–H groups in total. The van der Waals surface area contributed by atoms with Crippen molar-refractivity contribution in [3.05, 3.63) is 29.3 Å². The molecule has 1 saturated carbocycles. The van der Waals surface area contributed by atoms with Gasteiger partial charge in [0.2, 0.25) is 0 Å². The van der Waals surface area contributed by atoms with E-state index in [9.17, 15) is 5.26 Å². The maximum atomic E-state index is 9.29. The van der Waals surface area contributed by atoms with E-state index in [-0.39, 0.29) is 0 Å². The topological polar surface area (TPSA) is 36.3 Å². The number of methoxy groups -OCH3 is 1. The Morgan fingerprint density at radius 1 is 1.50 bits per heavy atom. The zero-order valence-electron chi connectivity index (χ0n) is 10.5. The van der Waals surface area contributed by atoms with Gasteiger partial charge in [-0.1, -0.05) is 22.0 Å². The van der Waals surface area contributed by atoms with Crippen molar-refractivity contribution in [2.45, 2.75) is 24.2 Å². The minimum Gasteiger partial charge on any atom is -0.383 e. The van der Waals surface area contributed by atoms with E-state index in [2.05, 4.69) is 39.0 Å². The molecular weight excluding hydrogens is 292 g/mol. The first-order valence-corrected chi connectivity index (χ1v) is 7.27. The molecule has 96 valence electrons. The molecule has 0 bridgehead atoms. The lowest BCUT2D eigenvalue weighted by Crippen LogP contribution is -2.30. The Bertz CT molecular complexity index is 452. The van der Waals surface area contributed by atoms with Gasteiger partial charge in [-0.2, -0.15) is 5.26 Å². The van der Waals surface area contributed by atoms with E-state index >= 15 is 0 Å². The maximum absolute atomic E-state index is 9.29. The number of ether oxygens (including phenoxy) is 1. The highest BCUT2D eigenvalue weighted by molar-refractivity contribution is 9.08. The average Bonchev–Trinajstić information content (AvgIpc) is 3.24. The van der Waals surface area contributed by atoms with Crippen molar-refractivity contribution in [3.63, 3.8) is 0 Å². The van der Waals surface area contributed by atoms with Crippen LogP contribution in [0.3, 0.4) is 0 Å². The van der Waals surface area contributed by atoms with Gasteiger partial charge in [-0.3, -0.25) is 0 Å². The predicted octanol–water partition coefficient (Wildman–Crippen LogP) is 3.07. The summed E-state index contributed by atoms with van der Waals surface area (Å²) in [7, 11) is 1.71. The Morgan fingerprint density at radius 3 is 2.83 bits per heavy atom. The maximum Gasteiger partial charge on any atom is 0.101 e. The molecule has 0 spiro atoms. The number of halogens is 1. The van der Waals surface area contributed by atoms with E-state index in [1.807, 2.05) is 6.07 Å². The highest BCUT2D eigenvalue weighted by Crippen LogP contribution is 2.33. The molecule has 0 unspecified atom stereocenters. The summed E-state index contributed by atoms with van der Waals surface area (Å²) in [4.78, 5) is 2.31. The Balaban J connectivity index is 2.26. The van der Waals surface area contributed by atoms with Crippen LogP contribution in [0.2, 0.25) is 0 Å². The fraction of sp³-hybridized carbons (Fsp3) is 0.500. The SMILES string of the molecule is COCCN(c1ccc(CBr)cc1C#N)C1CC1. The Kier molecular flexibility index (Phi) is 4.62. The summed E-state index contributed by atoms with van der Waals surface area (Å²) in [5, 5.41) is 10.1.